The SMILES string of the molecule is Cn1nccc1C1CC2CCC(C1)N2C(=O)c1ccc(-n2ccnn2)cc1. The van der Waals surface area contributed by atoms with Gasteiger partial charge >= 0.3 is 0 Å². The number of aromatic nitrogens is 5. The van der Waals surface area contributed by atoms with Crippen molar-refractivity contribution in [2.75, 3.05) is 0 Å². The van der Waals surface area contributed by atoms with Crippen molar-refractivity contribution >= 4 is 5.91 Å². The predicted molar refractivity (Wildman–Crippen MR) is 99.5 cm³/mol. The molecule has 3 aromatic rings. The van der Waals surface area contributed by atoms with E-state index in [4.69, 9.17) is 0 Å². The zero-order valence-electron chi connectivity index (χ0n) is 15.3. The van der Waals surface area contributed by atoms with Crippen molar-refractivity contribution in [2.45, 2.75) is 43.7 Å². The lowest BCUT2D eigenvalue weighted by molar-refractivity contribution is 0.0568. The molecule has 0 radical (unpaired) electrons. The third-order valence-electron chi connectivity index (χ3n) is 6.05. The fourth-order valence-electron chi connectivity index (χ4n) is 4.79. The molecule has 7 heteroatoms. The van der Waals surface area contributed by atoms with E-state index in [9.17, 15) is 4.79 Å². The number of benzene rings is 1. The third-order valence-corrected chi connectivity index (χ3v) is 6.05. The van der Waals surface area contributed by atoms with Crippen molar-refractivity contribution in [3.05, 3.63) is 60.2 Å². The fraction of sp³-hybridized carbons (Fsp3) is 0.400. The van der Waals surface area contributed by atoms with Crippen molar-refractivity contribution in [1.29, 1.82) is 0 Å². The summed E-state index contributed by atoms with van der Waals surface area (Å²) in [6, 6.07) is 10.4. The summed E-state index contributed by atoms with van der Waals surface area (Å²) in [4.78, 5) is 15.3. The van der Waals surface area contributed by atoms with Gasteiger partial charge in [0.2, 0.25) is 0 Å². The van der Waals surface area contributed by atoms with Gasteiger partial charge in [-0.05, 0) is 56.0 Å². The van der Waals surface area contributed by atoms with Crippen LogP contribution in [0.2, 0.25) is 0 Å². The largest absolute Gasteiger partial charge is 0.333 e. The molecule has 4 heterocycles. The number of carbonyl (C=O) groups excluding carboxylic acids is 1. The summed E-state index contributed by atoms with van der Waals surface area (Å²) in [6.07, 6.45) is 9.55. The minimum atomic E-state index is 0.149. The van der Waals surface area contributed by atoms with Crippen molar-refractivity contribution in [3.8, 4) is 5.69 Å². The molecular weight excluding hydrogens is 340 g/mol. The van der Waals surface area contributed by atoms with Crippen molar-refractivity contribution in [2.24, 2.45) is 7.05 Å². The second kappa shape index (κ2) is 6.33. The normalized spacial score (nSPS) is 24.3. The second-order valence-electron chi connectivity index (χ2n) is 7.54. The molecule has 0 spiro atoms. The first-order valence-corrected chi connectivity index (χ1v) is 9.48. The molecule has 0 N–H and O–H groups in total. The van der Waals surface area contributed by atoms with Gasteiger partial charge in [-0.1, -0.05) is 5.21 Å². The van der Waals surface area contributed by atoms with Gasteiger partial charge in [0, 0.05) is 42.5 Å². The maximum atomic E-state index is 13.2. The Kier molecular flexibility index (Phi) is 3.81. The lowest BCUT2D eigenvalue weighted by Gasteiger charge is -2.39. The third kappa shape index (κ3) is 2.74. The van der Waals surface area contributed by atoms with E-state index < -0.39 is 0 Å². The molecule has 2 aromatic heterocycles. The van der Waals surface area contributed by atoms with Gasteiger partial charge in [-0.25, -0.2) is 4.68 Å². The molecule has 138 valence electrons. The first kappa shape index (κ1) is 16.2. The average Bonchev–Trinajstić information content (AvgIpc) is 3.42. The van der Waals surface area contributed by atoms with E-state index in [1.807, 2.05) is 42.2 Å². The smallest absolute Gasteiger partial charge is 0.254 e. The summed E-state index contributed by atoms with van der Waals surface area (Å²) < 4.78 is 3.67. The van der Waals surface area contributed by atoms with Crippen LogP contribution in [-0.2, 0) is 7.05 Å². The minimum Gasteiger partial charge on any atom is -0.333 e. The average molecular weight is 362 g/mol. The Balaban J connectivity index is 1.35. The Bertz CT molecular complexity index is 931. The number of amides is 1. The number of aryl methyl sites for hydroxylation is 1. The molecule has 1 amide bonds. The number of hydrogen-bond acceptors (Lipinski definition) is 4. The summed E-state index contributed by atoms with van der Waals surface area (Å²) >= 11 is 0. The van der Waals surface area contributed by atoms with Gasteiger partial charge in [-0.2, -0.15) is 5.10 Å². The molecule has 2 aliphatic rings. The Morgan fingerprint density at radius 1 is 1.04 bits per heavy atom. The Labute approximate surface area is 157 Å². The van der Waals surface area contributed by atoms with Crippen LogP contribution in [-0.4, -0.2) is 47.7 Å². The van der Waals surface area contributed by atoms with Crippen molar-refractivity contribution in [3.63, 3.8) is 0 Å². The topological polar surface area (TPSA) is 68.8 Å². The monoisotopic (exact) mass is 362 g/mol. The number of carbonyl (C=O) groups is 1. The first-order chi connectivity index (χ1) is 13.2. The number of fused-ring (bicyclic) bond motifs is 2. The summed E-state index contributed by atoms with van der Waals surface area (Å²) in [7, 11) is 2.01. The highest BCUT2D eigenvalue weighted by Gasteiger charge is 2.44. The number of piperidine rings is 1. The van der Waals surface area contributed by atoms with Gasteiger partial charge in [0.1, 0.15) is 0 Å². The van der Waals surface area contributed by atoms with E-state index >= 15 is 0 Å². The molecule has 7 nitrogen and oxygen atoms in total. The van der Waals surface area contributed by atoms with Gasteiger partial charge in [-0.3, -0.25) is 9.48 Å². The molecule has 2 bridgehead atoms. The maximum Gasteiger partial charge on any atom is 0.254 e. The highest BCUT2D eigenvalue weighted by molar-refractivity contribution is 5.95. The molecule has 27 heavy (non-hydrogen) atoms. The number of rotatable bonds is 3. The quantitative estimate of drug-likeness (QED) is 0.718. The fourth-order valence-corrected chi connectivity index (χ4v) is 4.79. The molecule has 5 rings (SSSR count). The van der Waals surface area contributed by atoms with E-state index in [0.29, 0.717) is 18.0 Å². The van der Waals surface area contributed by atoms with Crippen LogP contribution in [0.3, 0.4) is 0 Å². The second-order valence-corrected chi connectivity index (χ2v) is 7.54. The number of hydrogen-bond donors (Lipinski definition) is 0. The van der Waals surface area contributed by atoms with Crippen molar-refractivity contribution in [1.82, 2.24) is 29.7 Å². The zero-order chi connectivity index (χ0) is 18.4. The molecule has 2 fully saturated rings. The predicted octanol–water partition coefficient (Wildman–Crippen LogP) is 2.55. The number of nitrogens with zero attached hydrogens (tertiary/aromatic N) is 6. The summed E-state index contributed by atoms with van der Waals surface area (Å²) in [5.41, 5.74) is 2.94. The molecule has 0 aliphatic carbocycles. The van der Waals surface area contributed by atoms with E-state index in [1.54, 1.807) is 17.1 Å². The zero-order valence-corrected chi connectivity index (χ0v) is 15.3. The van der Waals surface area contributed by atoms with Gasteiger partial charge in [0.05, 0.1) is 18.1 Å². The molecule has 2 atom stereocenters. The summed E-state index contributed by atoms with van der Waals surface area (Å²) in [5.74, 6) is 0.643. The van der Waals surface area contributed by atoms with Crippen LogP contribution in [0, 0.1) is 0 Å². The van der Waals surface area contributed by atoms with Gasteiger partial charge < -0.3 is 4.90 Å². The van der Waals surface area contributed by atoms with Crippen molar-refractivity contribution < 1.29 is 4.79 Å². The van der Waals surface area contributed by atoms with E-state index in [-0.39, 0.29) is 5.91 Å². The van der Waals surface area contributed by atoms with Gasteiger partial charge in [-0.15, -0.1) is 5.10 Å². The Hall–Kier alpha value is -2.96. The van der Waals surface area contributed by atoms with E-state index in [1.165, 1.54) is 5.69 Å². The molecular formula is C20H22N6O. The molecule has 0 saturated carbocycles. The minimum absolute atomic E-state index is 0.149. The van der Waals surface area contributed by atoms with E-state index in [2.05, 4.69) is 26.4 Å². The summed E-state index contributed by atoms with van der Waals surface area (Å²) in [5, 5.41) is 12.1. The van der Waals surface area contributed by atoms with Crippen LogP contribution >= 0.6 is 0 Å². The molecule has 1 aromatic carbocycles. The standard InChI is InChI=1S/C20H22N6O/c1-24-19(8-9-22-24)15-12-17-6-7-18(13-15)26(17)20(27)14-2-4-16(5-3-14)25-11-10-21-23-25/h2-5,8-11,15,17-18H,6-7,12-13H2,1H3. The van der Waals surface area contributed by atoms with Crippen LogP contribution in [0.5, 0.6) is 0 Å². The highest BCUT2D eigenvalue weighted by atomic mass is 16.2. The highest BCUT2D eigenvalue weighted by Crippen LogP contribution is 2.43. The van der Waals surface area contributed by atoms with Crippen LogP contribution in [0.4, 0.5) is 0 Å². The van der Waals surface area contributed by atoms with Gasteiger partial charge in [0.25, 0.3) is 5.91 Å². The van der Waals surface area contributed by atoms with Crippen LogP contribution in [0.1, 0.15) is 47.7 Å². The molecule has 2 saturated heterocycles. The van der Waals surface area contributed by atoms with E-state index in [0.717, 1.165) is 36.9 Å². The molecule has 2 unspecified atom stereocenters. The van der Waals surface area contributed by atoms with Crippen LogP contribution in [0.15, 0.2) is 48.9 Å². The van der Waals surface area contributed by atoms with Gasteiger partial charge in [0.15, 0.2) is 0 Å². The Morgan fingerprint density at radius 3 is 2.37 bits per heavy atom. The Morgan fingerprint density at radius 2 is 1.78 bits per heavy atom. The van der Waals surface area contributed by atoms with Crippen LogP contribution < -0.4 is 0 Å². The lowest BCUT2D eigenvalue weighted by atomic mass is 9.87. The first-order valence-electron chi connectivity index (χ1n) is 9.48. The summed E-state index contributed by atoms with van der Waals surface area (Å²) in [6.45, 7) is 0. The van der Waals surface area contributed by atoms with Crippen LogP contribution in [0.25, 0.3) is 5.69 Å². The maximum absolute atomic E-state index is 13.2. The lowest BCUT2D eigenvalue weighted by Crippen LogP contribution is -2.46. The molecule has 2 aliphatic heterocycles.